The predicted molar refractivity (Wildman–Crippen MR) is 116 cm³/mol. The second-order valence-corrected chi connectivity index (χ2v) is 9.87. The van der Waals surface area contributed by atoms with E-state index in [1.54, 1.807) is 24.3 Å². The summed E-state index contributed by atoms with van der Waals surface area (Å²) in [7, 11) is -5.17. The van der Waals surface area contributed by atoms with Gasteiger partial charge in [-0.05, 0) is 30.7 Å². The van der Waals surface area contributed by atoms with Gasteiger partial charge in [0.1, 0.15) is 22.8 Å². The number of nitrogens with one attached hydrogen (secondary N) is 3. The molecule has 1 aromatic carbocycles. The minimum absolute atomic E-state index is 0. The van der Waals surface area contributed by atoms with Gasteiger partial charge in [-0.3, -0.25) is 9.59 Å². The van der Waals surface area contributed by atoms with E-state index in [0.29, 0.717) is 13.0 Å². The second-order valence-electron chi connectivity index (χ2n) is 8.40. The van der Waals surface area contributed by atoms with Crippen LogP contribution in [0.2, 0.25) is 0 Å². The Morgan fingerprint density at radius 1 is 1.24 bits per heavy atom. The van der Waals surface area contributed by atoms with E-state index in [-0.39, 0.29) is 60.8 Å². The molecule has 0 bridgehead atoms. The van der Waals surface area contributed by atoms with E-state index in [0.717, 1.165) is 5.56 Å². The van der Waals surface area contributed by atoms with Crippen molar-refractivity contribution in [2.45, 2.75) is 57.2 Å². The molecule has 1 aromatic rings. The molecular weight excluding hydrogens is 477 g/mol. The van der Waals surface area contributed by atoms with Crippen molar-refractivity contribution in [3.63, 3.8) is 0 Å². The smallest absolute Gasteiger partial charge is 0.746 e. The van der Waals surface area contributed by atoms with Crippen LogP contribution in [0.5, 0.6) is 0 Å². The fourth-order valence-corrected chi connectivity index (χ4v) is 4.10. The van der Waals surface area contributed by atoms with Crippen molar-refractivity contribution >= 4 is 28.0 Å². The van der Waals surface area contributed by atoms with Crippen LogP contribution in [0.25, 0.3) is 0 Å². The maximum atomic E-state index is 12.9. The van der Waals surface area contributed by atoms with Gasteiger partial charge in [0, 0.05) is 12.5 Å². The molecule has 0 saturated carbocycles. The maximum Gasteiger partial charge on any atom is 1.00 e. The van der Waals surface area contributed by atoms with Crippen LogP contribution in [-0.4, -0.2) is 60.0 Å². The number of carbonyl (C=O) groups is 3. The largest absolute Gasteiger partial charge is 1.00 e. The Morgan fingerprint density at radius 3 is 2.41 bits per heavy atom. The molecule has 1 aliphatic heterocycles. The fourth-order valence-electron chi connectivity index (χ4n) is 3.52. The standard InChI is InChI=1S/C21H31N3O8S.Na/c1-13(2)10-16(24-21(28)32-12-14-6-4-3-5-7-14)19(26)23-17(20(27)33(29,30)31)11-15-8-9-22-18(15)25;/h3-7,13,15-17,20,27H,8-12H2,1-2H3,(H,22,25)(H,23,26)(H,24,28)(H,29,30,31);/q;+1/p-1/t15?,16-,17?,20?;/m0./s1. The topological polar surface area (TPSA) is 174 Å². The van der Waals surface area contributed by atoms with Crippen LogP contribution in [0, 0.1) is 11.8 Å². The number of hydrogen-bond donors (Lipinski definition) is 4. The van der Waals surface area contributed by atoms with Crippen LogP contribution in [0.3, 0.4) is 0 Å². The third kappa shape index (κ3) is 9.88. The van der Waals surface area contributed by atoms with Crippen molar-refractivity contribution in [2.75, 3.05) is 6.54 Å². The summed E-state index contributed by atoms with van der Waals surface area (Å²) in [5, 5.41) is 17.4. The summed E-state index contributed by atoms with van der Waals surface area (Å²) < 4.78 is 39.4. The van der Waals surface area contributed by atoms with Crippen molar-refractivity contribution < 1.29 is 66.8 Å². The van der Waals surface area contributed by atoms with Gasteiger partial charge >= 0.3 is 35.7 Å². The Hall–Kier alpha value is -1.70. The van der Waals surface area contributed by atoms with Crippen LogP contribution < -0.4 is 45.5 Å². The van der Waals surface area contributed by atoms with E-state index in [2.05, 4.69) is 16.0 Å². The van der Waals surface area contributed by atoms with Crippen molar-refractivity contribution in [1.29, 1.82) is 0 Å². The van der Waals surface area contributed by atoms with Crippen molar-refractivity contribution in [3.8, 4) is 0 Å². The number of benzene rings is 1. The number of aliphatic hydroxyl groups excluding tert-OH is 1. The van der Waals surface area contributed by atoms with Crippen molar-refractivity contribution in [1.82, 2.24) is 16.0 Å². The number of aliphatic hydroxyl groups is 1. The Bertz CT molecular complexity index is 929. The summed E-state index contributed by atoms with van der Waals surface area (Å²) in [5.41, 5.74) is -1.70. The van der Waals surface area contributed by atoms with Gasteiger partial charge in [-0.1, -0.05) is 44.2 Å². The van der Waals surface area contributed by atoms with E-state index >= 15 is 0 Å². The monoisotopic (exact) mass is 507 g/mol. The molecule has 1 saturated heterocycles. The van der Waals surface area contributed by atoms with E-state index in [1.807, 2.05) is 19.9 Å². The molecule has 13 heteroatoms. The summed E-state index contributed by atoms with van der Waals surface area (Å²) in [5.74, 6) is -1.86. The molecule has 1 aliphatic rings. The second kappa shape index (κ2) is 14.0. The van der Waals surface area contributed by atoms with Crippen LogP contribution in [0.15, 0.2) is 30.3 Å². The quantitative estimate of drug-likeness (QED) is 0.184. The van der Waals surface area contributed by atoms with Crippen molar-refractivity contribution in [3.05, 3.63) is 35.9 Å². The molecule has 2 rings (SSSR count). The maximum absolute atomic E-state index is 12.9. The summed E-state index contributed by atoms with van der Waals surface area (Å²) in [4.78, 5) is 37.0. The molecule has 1 heterocycles. The zero-order chi connectivity index (χ0) is 24.6. The zero-order valence-corrected chi connectivity index (χ0v) is 22.3. The number of rotatable bonds is 11. The molecule has 4 atom stereocenters. The molecule has 3 unspecified atom stereocenters. The average Bonchev–Trinajstić information content (AvgIpc) is 3.14. The summed E-state index contributed by atoms with van der Waals surface area (Å²) in [6, 6.07) is 6.27. The minimum atomic E-state index is -5.17. The van der Waals surface area contributed by atoms with Crippen LogP contribution in [-0.2, 0) is 31.1 Å². The van der Waals surface area contributed by atoms with E-state index in [1.165, 1.54) is 0 Å². The van der Waals surface area contributed by atoms with E-state index < -0.39 is 45.6 Å². The number of amides is 3. The Morgan fingerprint density at radius 2 is 1.88 bits per heavy atom. The molecular formula is C21H30N3NaO8S. The molecule has 0 aromatic heterocycles. The predicted octanol–water partition coefficient (Wildman–Crippen LogP) is -2.79. The summed E-state index contributed by atoms with van der Waals surface area (Å²) in [6.45, 7) is 3.98. The molecule has 184 valence electrons. The first-order valence-electron chi connectivity index (χ1n) is 10.7. The first-order chi connectivity index (χ1) is 15.5. The van der Waals surface area contributed by atoms with Crippen molar-refractivity contribution in [2.24, 2.45) is 11.8 Å². The van der Waals surface area contributed by atoms with Gasteiger partial charge in [0.05, 0.1) is 6.04 Å². The number of hydrogen-bond acceptors (Lipinski definition) is 8. The third-order valence-corrected chi connectivity index (χ3v) is 6.12. The first kappa shape index (κ1) is 30.3. The van der Waals surface area contributed by atoms with E-state index in [4.69, 9.17) is 4.74 Å². The number of alkyl carbamates (subject to hydrolysis) is 1. The van der Waals surface area contributed by atoms with Gasteiger partial charge in [-0.25, -0.2) is 13.2 Å². The van der Waals surface area contributed by atoms with Gasteiger partial charge in [-0.2, -0.15) is 0 Å². The van der Waals surface area contributed by atoms with Gasteiger partial charge in [0.15, 0.2) is 5.44 Å². The van der Waals surface area contributed by atoms with Crippen LogP contribution in [0.1, 0.15) is 38.7 Å². The zero-order valence-electron chi connectivity index (χ0n) is 19.5. The third-order valence-electron chi connectivity index (χ3n) is 5.20. The van der Waals surface area contributed by atoms with E-state index in [9.17, 15) is 32.5 Å². The molecule has 4 N–H and O–H groups in total. The van der Waals surface area contributed by atoms with Gasteiger partial charge < -0.3 is 30.3 Å². The first-order valence-corrected chi connectivity index (χ1v) is 12.1. The summed E-state index contributed by atoms with van der Waals surface area (Å²) >= 11 is 0. The molecule has 34 heavy (non-hydrogen) atoms. The number of carbonyl (C=O) groups excluding carboxylic acids is 3. The SMILES string of the molecule is CC(C)C[C@H](NC(=O)OCc1ccccc1)C(=O)NC(CC1CCNC1=O)C(O)S(=O)(=O)[O-].[Na+]. The van der Waals surface area contributed by atoms with Crippen LogP contribution >= 0.6 is 0 Å². The van der Waals surface area contributed by atoms with Crippen LogP contribution in [0.4, 0.5) is 4.79 Å². The molecule has 11 nitrogen and oxygen atoms in total. The summed E-state index contributed by atoms with van der Waals surface area (Å²) in [6.07, 6.45) is -0.546. The molecule has 0 aliphatic carbocycles. The molecule has 0 spiro atoms. The van der Waals surface area contributed by atoms with Gasteiger partial charge in [0.25, 0.3) is 0 Å². The molecule has 1 fully saturated rings. The number of ether oxygens (including phenoxy) is 1. The average molecular weight is 508 g/mol. The van der Waals surface area contributed by atoms with Gasteiger partial charge in [-0.15, -0.1) is 0 Å². The Kier molecular flexibility index (Phi) is 12.5. The Balaban J connectivity index is 0.00000578. The van der Waals surface area contributed by atoms with Gasteiger partial charge in [0.2, 0.25) is 11.8 Å². The fraction of sp³-hybridized carbons (Fsp3) is 0.571. The minimum Gasteiger partial charge on any atom is -0.746 e. The molecule has 0 radical (unpaired) electrons. The molecule has 3 amide bonds. The Labute approximate surface area is 221 Å². The normalized spacial score (nSPS) is 18.3.